The lowest BCUT2D eigenvalue weighted by Gasteiger charge is -2.25. The van der Waals surface area contributed by atoms with Crippen LogP contribution in [0.5, 0.6) is 5.75 Å². The average molecular weight is 440 g/mol. The van der Waals surface area contributed by atoms with Crippen molar-refractivity contribution in [1.82, 2.24) is 9.88 Å². The van der Waals surface area contributed by atoms with Crippen LogP contribution >= 0.6 is 34.8 Å². The fourth-order valence-corrected chi connectivity index (χ4v) is 2.88. The molecule has 0 unspecified atom stereocenters. The Morgan fingerprint density at radius 3 is 2.46 bits per heavy atom. The summed E-state index contributed by atoms with van der Waals surface area (Å²) in [7, 11) is 0. The zero-order chi connectivity index (χ0) is 19.9. The number of rotatable bonds is 8. The maximum Gasteiger partial charge on any atom is 0.333 e. The van der Waals surface area contributed by atoms with Crippen molar-refractivity contribution >= 4 is 40.8 Å². The fraction of sp³-hybridized carbons (Fsp3) is 0.200. The number of nitrogens with zero attached hydrogens (tertiary/aromatic N) is 2. The summed E-state index contributed by atoms with van der Waals surface area (Å²) >= 11 is 17.0. The van der Waals surface area contributed by atoms with Gasteiger partial charge in [-0.3, -0.25) is 0 Å². The Bertz CT molecular complexity index is 877. The number of carbonyl (C=O) groups is 1. The summed E-state index contributed by atoms with van der Waals surface area (Å²) in [6.07, 6.45) is 4.81. The van der Waals surface area contributed by atoms with Crippen LogP contribution in [0.2, 0.25) is 5.15 Å². The predicted octanol–water partition coefficient (Wildman–Crippen LogP) is 4.88. The van der Waals surface area contributed by atoms with E-state index in [1.54, 1.807) is 18.3 Å². The minimum absolute atomic E-state index is 0.172. The van der Waals surface area contributed by atoms with Crippen molar-refractivity contribution < 1.29 is 14.3 Å². The molecule has 2 aromatic rings. The molecule has 1 aliphatic heterocycles. The Morgan fingerprint density at radius 1 is 1.14 bits per heavy atom. The molecule has 0 amide bonds. The van der Waals surface area contributed by atoms with Gasteiger partial charge < -0.3 is 14.4 Å². The molecule has 2 heterocycles. The van der Waals surface area contributed by atoms with E-state index in [0.717, 1.165) is 16.8 Å². The quantitative estimate of drug-likeness (QED) is 0.433. The molecule has 0 N–H and O–H groups in total. The molecule has 0 atom stereocenters. The second-order valence-corrected chi connectivity index (χ2v) is 7.43. The molecule has 1 aliphatic rings. The molecule has 0 radical (unpaired) electrons. The van der Waals surface area contributed by atoms with Gasteiger partial charge in [-0.15, -0.1) is 0 Å². The van der Waals surface area contributed by atoms with Crippen LogP contribution in [0.15, 0.2) is 64.9 Å². The molecule has 146 valence electrons. The highest BCUT2D eigenvalue weighted by molar-refractivity contribution is 6.55. The zero-order valence-corrected chi connectivity index (χ0v) is 17.0. The van der Waals surface area contributed by atoms with Crippen LogP contribution in [0, 0.1) is 0 Å². The molecule has 8 heteroatoms. The summed E-state index contributed by atoms with van der Waals surface area (Å²) in [5.41, 5.74) is 2.86. The lowest BCUT2D eigenvalue weighted by atomic mass is 10.1. The van der Waals surface area contributed by atoms with E-state index in [9.17, 15) is 4.79 Å². The number of hydrogen-bond donors (Lipinski definition) is 0. The minimum Gasteiger partial charge on any atom is -0.489 e. The van der Waals surface area contributed by atoms with E-state index in [0.29, 0.717) is 30.6 Å². The number of ether oxygens (including phenoxy) is 2. The lowest BCUT2D eigenvalue weighted by Crippen LogP contribution is -2.23. The second-order valence-electron chi connectivity index (χ2n) is 6.04. The molecule has 0 bridgehead atoms. The molecule has 3 rings (SSSR count). The van der Waals surface area contributed by atoms with Crippen molar-refractivity contribution in [3.63, 3.8) is 0 Å². The molecular weight excluding hydrogens is 423 g/mol. The lowest BCUT2D eigenvalue weighted by molar-refractivity contribution is -0.135. The smallest absolute Gasteiger partial charge is 0.333 e. The van der Waals surface area contributed by atoms with Crippen LogP contribution in [-0.2, 0) is 22.6 Å². The van der Waals surface area contributed by atoms with Gasteiger partial charge in [0.2, 0.25) is 0 Å². The van der Waals surface area contributed by atoms with Gasteiger partial charge in [-0.2, -0.15) is 0 Å². The van der Waals surface area contributed by atoms with Crippen molar-refractivity contribution in [1.29, 1.82) is 0 Å². The number of hydrogen-bond acceptors (Lipinski definition) is 5. The van der Waals surface area contributed by atoms with E-state index in [-0.39, 0.29) is 17.1 Å². The topological polar surface area (TPSA) is 51.7 Å². The second kappa shape index (κ2) is 9.82. The molecular formula is C20H17Cl3N2O3. The maximum absolute atomic E-state index is 11.5. The highest BCUT2D eigenvalue weighted by atomic mass is 35.5. The molecule has 1 aromatic carbocycles. The van der Waals surface area contributed by atoms with Crippen molar-refractivity contribution in [2.45, 2.75) is 13.1 Å². The number of carbonyl (C=O) groups excluding carboxylic acids is 1. The van der Waals surface area contributed by atoms with Gasteiger partial charge in [-0.1, -0.05) is 53.0 Å². The molecule has 0 saturated heterocycles. The van der Waals surface area contributed by atoms with E-state index in [1.807, 2.05) is 30.3 Å². The van der Waals surface area contributed by atoms with Crippen molar-refractivity contribution in [2.24, 2.45) is 0 Å². The van der Waals surface area contributed by atoms with Crippen LogP contribution in [0.1, 0.15) is 11.1 Å². The van der Waals surface area contributed by atoms with Gasteiger partial charge >= 0.3 is 5.97 Å². The normalized spacial score (nSPS) is 13.0. The highest BCUT2D eigenvalue weighted by Crippen LogP contribution is 2.21. The fourth-order valence-electron chi connectivity index (χ4n) is 2.64. The average Bonchev–Trinajstić information content (AvgIpc) is 3.10. The van der Waals surface area contributed by atoms with Gasteiger partial charge in [0.05, 0.1) is 5.70 Å². The number of cyclic esters (lactones) is 1. The first-order chi connectivity index (χ1) is 13.5. The first-order valence-corrected chi connectivity index (χ1v) is 9.58. The summed E-state index contributed by atoms with van der Waals surface area (Å²) in [5, 5.41) is 0.440. The molecule has 0 saturated carbocycles. The van der Waals surface area contributed by atoms with Gasteiger partial charge in [-0.05, 0) is 35.4 Å². The highest BCUT2D eigenvalue weighted by Gasteiger charge is 2.20. The molecule has 28 heavy (non-hydrogen) atoms. The SMILES string of the molecule is O=C1C=C(N(Cc2ccc(OCC=C(Cl)Cl)cc2)Cc2ccc(Cl)nc2)CO1. The molecule has 0 spiro atoms. The maximum atomic E-state index is 11.5. The van der Waals surface area contributed by atoms with E-state index >= 15 is 0 Å². The first kappa shape index (κ1) is 20.5. The van der Waals surface area contributed by atoms with Crippen LogP contribution in [0.4, 0.5) is 0 Å². The van der Waals surface area contributed by atoms with Gasteiger partial charge in [0.1, 0.15) is 28.6 Å². The van der Waals surface area contributed by atoms with Crippen molar-refractivity contribution in [2.75, 3.05) is 13.2 Å². The summed E-state index contributed by atoms with van der Waals surface area (Å²) in [6, 6.07) is 11.3. The van der Waals surface area contributed by atoms with Gasteiger partial charge in [0.25, 0.3) is 0 Å². The third kappa shape index (κ3) is 6.16. The molecule has 0 fully saturated rings. The van der Waals surface area contributed by atoms with Crippen molar-refractivity contribution in [3.05, 3.63) is 81.2 Å². The third-order valence-corrected chi connectivity index (χ3v) is 4.53. The Kier molecular flexibility index (Phi) is 7.20. The number of esters is 1. The van der Waals surface area contributed by atoms with Crippen LogP contribution < -0.4 is 4.74 Å². The van der Waals surface area contributed by atoms with Crippen molar-refractivity contribution in [3.8, 4) is 5.75 Å². The van der Waals surface area contributed by atoms with Gasteiger partial charge in [0.15, 0.2) is 0 Å². The van der Waals surface area contributed by atoms with Gasteiger partial charge in [0, 0.05) is 25.4 Å². The minimum atomic E-state index is -0.330. The zero-order valence-electron chi connectivity index (χ0n) is 14.8. The number of aromatic nitrogens is 1. The van der Waals surface area contributed by atoms with Crippen LogP contribution in [0.25, 0.3) is 0 Å². The summed E-state index contributed by atoms with van der Waals surface area (Å²) in [6.45, 7) is 1.72. The molecule has 1 aromatic heterocycles. The first-order valence-electron chi connectivity index (χ1n) is 8.45. The van der Waals surface area contributed by atoms with Gasteiger partial charge in [-0.25, -0.2) is 9.78 Å². The van der Waals surface area contributed by atoms with E-state index < -0.39 is 0 Å². The Hall–Kier alpha value is -2.21. The summed E-state index contributed by atoms with van der Waals surface area (Å²) < 4.78 is 10.8. The Labute approximate surface area is 178 Å². The summed E-state index contributed by atoms with van der Waals surface area (Å²) in [5.74, 6) is 0.380. The number of halogens is 3. The predicted molar refractivity (Wildman–Crippen MR) is 109 cm³/mol. The number of benzene rings is 1. The Morgan fingerprint density at radius 2 is 1.86 bits per heavy atom. The van der Waals surface area contributed by atoms with Crippen LogP contribution in [-0.4, -0.2) is 29.1 Å². The van der Waals surface area contributed by atoms with Crippen LogP contribution in [0.3, 0.4) is 0 Å². The third-order valence-electron chi connectivity index (χ3n) is 4.00. The number of pyridine rings is 1. The van der Waals surface area contributed by atoms with E-state index in [1.165, 1.54) is 6.08 Å². The van der Waals surface area contributed by atoms with E-state index in [2.05, 4.69) is 9.88 Å². The summed E-state index contributed by atoms with van der Waals surface area (Å²) in [4.78, 5) is 17.7. The Balaban J connectivity index is 1.70. The molecule has 0 aliphatic carbocycles. The molecule has 5 nitrogen and oxygen atoms in total. The standard InChI is InChI=1S/C20H17Cl3N2O3/c21-18(22)7-8-27-17-4-1-14(2-5-17)11-25(16-9-20(26)28-13-16)12-15-3-6-19(23)24-10-15/h1-7,9-10H,8,11-13H2. The largest absolute Gasteiger partial charge is 0.489 e. The van der Waals surface area contributed by atoms with E-state index in [4.69, 9.17) is 44.3 Å². The monoisotopic (exact) mass is 438 g/mol.